The highest BCUT2D eigenvalue weighted by Crippen LogP contribution is 2.30. The lowest BCUT2D eigenvalue weighted by molar-refractivity contribution is -0.120. The number of rotatable bonds is 7. The Morgan fingerprint density at radius 1 is 1.28 bits per heavy atom. The average Bonchev–Trinajstić information content (AvgIpc) is 3.30. The van der Waals surface area contributed by atoms with Crippen LogP contribution in [0.1, 0.15) is 30.8 Å². The van der Waals surface area contributed by atoms with Crippen LogP contribution in [0.25, 0.3) is 10.6 Å². The lowest BCUT2D eigenvalue weighted by atomic mass is 10.2. The molecule has 0 bridgehead atoms. The van der Waals surface area contributed by atoms with Crippen LogP contribution in [0.2, 0.25) is 5.02 Å². The second-order valence-electron chi connectivity index (χ2n) is 7.03. The van der Waals surface area contributed by atoms with Crippen molar-refractivity contribution >= 4 is 28.8 Å². The Balaban J connectivity index is 1.25. The summed E-state index contributed by atoms with van der Waals surface area (Å²) in [6, 6.07) is 7.53. The van der Waals surface area contributed by atoms with E-state index in [1.54, 1.807) is 4.57 Å². The van der Waals surface area contributed by atoms with Crippen LogP contribution in [-0.2, 0) is 30.7 Å². The zero-order valence-corrected chi connectivity index (χ0v) is 17.5. The van der Waals surface area contributed by atoms with E-state index >= 15 is 0 Å². The standard InChI is InChI=1S/C20H22ClN5O2S/c21-16-7-2-1-6-15(16)19-23-14(13-29-19)12-18(27)22-9-5-11-26-20(28)25-10-4-3-8-17(25)24-26/h1-2,6-7,13H,3-5,8-12H2,(H,22,27). The summed E-state index contributed by atoms with van der Waals surface area (Å²) in [4.78, 5) is 29.0. The van der Waals surface area contributed by atoms with Crippen LogP contribution in [0.3, 0.4) is 0 Å². The number of halogens is 1. The largest absolute Gasteiger partial charge is 0.356 e. The first-order valence-electron chi connectivity index (χ1n) is 9.74. The van der Waals surface area contributed by atoms with E-state index in [2.05, 4.69) is 15.4 Å². The van der Waals surface area contributed by atoms with Crippen LogP contribution in [-0.4, -0.2) is 31.8 Å². The fourth-order valence-electron chi connectivity index (χ4n) is 3.42. The van der Waals surface area contributed by atoms with Gasteiger partial charge in [-0.15, -0.1) is 11.3 Å². The highest BCUT2D eigenvalue weighted by molar-refractivity contribution is 7.13. The maximum absolute atomic E-state index is 12.3. The summed E-state index contributed by atoms with van der Waals surface area (Å²) in [5.74, 6) is 0.792. The molecular formula is C20H22ClN5O2S. The highest BCUT2D eigenvalue weighted by atomic mass is 35.5. The van der Waals surface area contributed by atoms with Crippen molar-refractivity contribution in [1.29, 1.82) is 0 Å². The van der Waals surface area contributed by atoms with E-state index < -0.39 is 0 Å². The molecule has 1 amide bonds. The molecule has 0 aliphatic carbocycles. The number of aryl methyl sites for hydroxylation is 2. The second-order valence-corrected chi connectivity index (χ2v) is 8.30. The van der Waals surface area contributed by atoms with Gasteiger partial charge < -0.3 is 5.32 Å². The number of benzene rings is 1. The minimum atomic E-state index is -0.0857. The van der Waals surface area contributed by atoms with E-state index in [0.29, 0.717) is 24.5 Å². The van der Waals surface area contributed by atoms with Crippen LogP contribution in [0.4, 0.5) is 0 Å². The predicted molar refractivity (Wildman–Crippen MR) is 113 cm³/mol. The number of fused-ring (bicyclic) bond motifs is 1. The number of hydrogen-bond acceptors (Lipinski definition) is 5. The van der Waals surface area contributed by atoms with Crippen molar-refractivity contribution < 1.29 is 4.79 Å². The molecule has 0 atom stereocenters. The molecule has 9 heteroatoms. The van der Waals surface area contributed by atoms with E-state index in [1.165, 1.54) is 16.0 Å². The number of thiazole rings is 1. The molecule has 0 unspecified atom stereocenters. The summed E-state index contributed by atoms with van der Waals surface area (Å²) in [5, 5.41) is 10.6. The summed E-state index contributed by atoms with van der Waals surface area (Å²) in [5.41, 5.74) is 1.56. The van der Waals surface area contributed by atoms with Gasteiger partial charge in [0.1, 0.15) is 10.8 Å². The Bertz CT molecular complexity index is 1070. The molecule has 1 aliphatic rings. The Morgan fingerprint density at radius 3 is 2.97 bits per heavy atom. The third-order valence-electron chi connectivity index (χ3n) is 4.90. The van der Waals surface area contributed by atoms with Gasteiger partial charge in [0.15, 0.2) is 0 Å². The lowest BCUT2D eigenvalue weighted by Crippen LogP contribution is -2.30. The first-order chi connectivity index (χ1) is 14.1. The normalized spacial score (nSPS) is 13.3. The Labute approximate surface area is 177 Å². The van der Waals surface area contributed by atoms with Crippen molar-refractivity contribution in [2.24, 2.45) is 0 Å². The average molecular weight is 432 g/mol. The molecular weight excluding hydrogens is 410 g/mol. The van der Waals surface area contributed by atoms with Crippen LogP contribution < -0.4 is 11.0 Å². The molecule has 152 valence electrons. The molecule has 1 aliphatic heterocycles. The fourth-order valence-corrected chi connectivity index (χ4v) is 4.56. The maximum Gasteiger partial charge on any atom is 0.345 e. The first-order valence-corrected chi connectivity index (χ1v) is 11.0. The molecule has 4 rings (SSSR count). The monoisotopic (exact) mass is 431 g/mol. The Hall–Kier alpha value is -2.45. The van der Waals surface area contributed by atoms with Crippen molar-refractivity contribution in [3.05, 3.63) is 56.7 Å². The summed E-state index contributed by atoms with van der Waals surface area (Å²) in [7, 11) is 0. The van der Waals surface area contributed by atoms with Crippen LogP contribution in [0.5, 0.6) is 0 Å². The van der Waals surface area contributed by atoms with Crippen molar-refractivity contribution in [3.63, 3.8) is 0 Å². The van der Waals surface area contributed by atoms with Crippen molar-refractivity contribution in [2.75, 3.05) is 6.54 Å². The number of amides is 1. The van der Waals surface area contributed by atoms with Crippen LogP contribution in [0.15, 0.2) is 34.4 Å². The molecule has 7 nitrogen and oxygen atoms in total. The van der Waals surface area contributed by atoms with Crippen molar-refractivity contribution in [1.82, 2.24) is 24.6 Å². The zero-order valence-electron chi connectivity index (χ0n) is 15.9. The summed E-state index contributed by atoms with van der Waals surface area (Å²) < 4.78 is 3.28. The smallest absolute Gasteiger partial charge is 0.345 e. The molecule has 3 aromatic rings. The van der Waals surface area contributed by atoms with Gasteiger partial charge in [-0.05, 0) is 25.3 Å². The molecule has 0 spiro atoms. The number of hydrogen-bond donors (Lipinski definition) is 1. The Morgan fingerprint density at radius 2 is 2.14 bits per heavy atom. The third-order valence-corrected chi connectivity index (χ3v) is 6.15. The third kappa shape index (κ3) is 4.59. The molecule has 3 heterocycles. The summed E-state index contributed by atoms with van der Waals surface area (Å²) >= 11 is 7.68. The minimum Gasteiger partial charge on any atom is -0.356 e. The van der Waals surface area contributed by atoms with E-state index in [4.69, 9.17) is 11.6 Å². The van der Waals surface area contributed by atoms with E-state index in [9.17, 15) is 9.59 Å². The first kappa shape index (κ1) is 19.8. The van der Waals surface area contributed by atoms with Crippen molar-refractivity contribution in [2.45, 2.75) is 45.2 Å². The molecule has 0 fully saturated rings. The maximum atomic E-state index is 12.3. The van der Waals surface area contributed by atoms with E-state index in [0.717, 1.165) is 47.9 Å². The lowest BCUT2D eigenvalue weighted by Gasteiger charge is -2.09. The van der Waals surface area contributed by atoms with Crippen LogP contribution >= 0.6 is 22.9 Å². The topological polar surface area (TPSA) is 81.8 Å². The number of aromatic nitrogens is 4. The van der Waals surface area contributed by atoms with Crippen LogP contribution in [0, 0.1) is 0 Å². The van der Waals surface area contributed by atoms with E-state index in [1.807, 2.05) is 29.6 Å². The van der Waals surface area contributed by atoms with Gasteiger partial charge in [0.2, 0.25) is 5.91 Å². The van der Waals surface area contributed by atoms with Gasteiger partial charge in [-0.3, -0.25) is 9.36 Å². The van der Waals surface area contributed by atoms with Gasteiger partial charge >= 0.3 is 5.69 Å². The SMILES string of the molecule is O=C(Cc1csc(-c2ccccc2Cl)n1)NCCCn1nc2n(c1=O)CCCC2. The van der Waals surface area contributed by atoms with Gasteiger partial charge in [-0.2, -0.15) is 5.10 Å². The van der Waals surface area contributed by atoms with Gasteiger partial charge in [-0.1, -0.05) is 29.8 Å². The summed E-state index contributed by atoms with van der Waals surface area (Å²) in [6.45, 7) is 1.76. The highest BCUT2D eigenvalue weighted by Gasteiger charge is 2.16. The molecule has 0 radical (unpaired) electrons. The molecule has 0 saturated carbocycles. The summed E-state index contributed by atoms with van der Waals surface area (Å²) in [6.07, 6.45) is 3.86. The number of nitrogens with one attached hydrogen (secondary N) is 1. The number of carbonyl (C=O) groups is 1. The number of carbonyl (C=O) groups excluding carboxylic acids is 1. The van der Waals surface area contributed by atoms with E-state index in [-0.39, 0.29) is 18.0 Å². The minimum absolute atomic E-state index is 0.0411. The van der Waals surface area contributed by atoms with Gasteiger partial charge in [0, 0.05) is 37.0 Å². The molecule has 2 aromatic heterocycles. The van der Waals surface area contributed by atoms with Gasteiger partial charge in [0.25, 0.3) is 0 Å². The van der Waals surface area contributed by atoms with Gasteiger partial charge in [0.05, 0.1) is 17.1 Å². The van der Waals surface area contributed by atoms with Crippen molar-refractivity contribution in [3.8, 4) is 10.6 Å². The molecule has 0 saturated heterocycles. The molecule has 1 aromatic carbocycles. The quantitative estimate of drug-likeness (QED) is 0.583. The number of nitrogens with zero attached hydrogens (tertiary/aromatic N) is 4. The van der Waals surface area contributed by atoms with Gasteiger partial charge in [-0.25, -0.2) is 14.5 Å². The second kappa shape index (κ2) is 8.92. The fraction of sp³-hybridized carbons (Fsp3) is 0.400. The zero-order chi connectivity index (χ0) is 20.2. The predicted octanol–water partition coefficient (Wildman–Crippen LogP) is 2.91. The molecule has 29 heavy (non-hydrogen) atoms. The Kier molecular flexibility index (Phi) is 6.10. The molecule has 1 N–H and O–H groups in total.